The molecule has 0 aliphatic heterocycles. The number of hydrogen-bond acceptors (Lipinski definition) is 3. The Balaban J connectivity index is 2.59. The maximum atomic E-state index is 9.56. The highest BCUT2D eigenvalue weighted by molar-refractivity contribution is 7.14. The van der Waals surface area contributed by atoms with E-state index in [1.807, 2.05) is 23.6 Å². The zero-order valence-electron chi connectivity index (χ0n) is 6.90. The van der Waals surface area contributed by atoms with E-state index >= 15 is 0 Å². The summed E-state index contributed by atoms with van der Waals surface area (Å²) in [4.78, 5) is 0. The summed E-state index contributed by atoms with van der Waals surface area (Å²) in [5, 5.41) is 12.2. The Kier molecular flexibility index (Phi) is 1.94. The summed E-state index contributed by atoms with van der Waals surface area (Å²) in [6.45, 7) is 0. The predicted octanol–water partition coefficient (Wildman–Crippen LogP) is 2.70. The smallest absolute Gasteiger partial charge is 0.123 e. The van der Waals surface area contributed by atoms with E-state index in [0.717, 1.165) is 16.1 Å². The summed E-state index contributed by atoms with van der Waals surface area (Å²) in [7, 11) is 0. The second kappa shape index (κ2) is 3.11. The fourth-order valence-corrected chi connectivity index (χ4v) is 1.90. The van der Waals surface area contributed by atoms with E-state index in [1.165, 1.54) is 11.3 Å². The Bertz CT molecular complexity index is 422. The van der Waals surface area contributed by atoms with Crippen LogP contribution in [0.5, 0.6) is 5.75 Å². The van der Waals surface area contributed by atoms with Crippen molar-refractivity contribution in [3.63, 3.8) is 0 Å². The summed E-state index contributed by atoms with van der Waals surface area (Å²) in [5.41, 5.74) is 7.45. The van der Waals surface area contributed by atoms with Gasteiger partial charge in [0, 0.05) is 11.1 Å². The van der Waals surface area contributed by atoms with Crippen molar-refractivity contribution < 1.29 is 5.11 Å². The molecule has 1 heterocycles. The number of phenolic OH excluding ortho intramolecular Hbond substituents is 1. The van der Waals surface area contributed by atoms with Gasteiger partial charge in [-0.3, -0.25) is 0 Å². The molecule has 0 amide bonds. The second-order valence-corrected chi connectivity index (χ2v) is 3.66. The van der Waals surface area contributed by atoms with Crippen molar-refractivity contribution in [1.29, 1.82) is 0 Å². The molecule has 2 aromatic rings. The molecule has 0 saturated heterocycles. The third-order valence-corrected chi connectivity index (χ3v) is 2.64. The first-order chi connectivity index (χ1) is 6.29. The van der Waals surface area contributed by atoms with E-state index in [9.17, 15) is 5.11 Å². The number of thiophene rings is 1. The fraction of sp³-hybridized carbons (Fsp3) is 0. The Labute approximate surface area is 80.3 Å². The largest absolute Gasteiger partial charge is 0.507 e. The lowest BCUT2D eigenvalue weighted by Gasteiger charge is -2.02. The number of phenols is 1. The second-order valence-electron chi connectivity index (χ2n) is 2.72. The van der Waals surface area contributed by atoms with Crippen LogP contribution < -0.4 is 5.73 Å². The summed E-state index contributed by atoms with van der Waals surface area (Å²) < 4.78 is 0. The van der Waals surface area contributed by atoms with Gasteiger partial charge in [-0.25, -0.2) is 0 Å². The molecule has 2 rings (SSSR count). The standard InChI is InChI=1S/C10H9NOS/c11-10-8(5-6-13-10)7-3-1-2-4-9(7)12/h1-6,12H,11H2. The van der Waals surface area contributed by atoms with Crippen LogP contribution in [0, 0.1) is 0 Å². The van der Waals surface area contributed by atoms with Crippen LogP contribution in [-0.2, 0) is 0 Å². The lowest BCUT2D eigenvalue weighted by Crippen LogP contribution is -1.83. The van der Waals surface area contributed by atoms with Gasteiger partial charge >= 0.3 is 0 Å². The van der Waals surface area contributed by atoms with Crippen LogP contribution in [-0.4, -0.2) is 5.11 Å². The zero-order valence-corrected chi connectivity index (χ0v) is 7.71. The summed E-state index contributed by atoms with van der Waals surface area (Å²) >= 11 is 1.47. The molecule has 0 bridgehead atoms. The van der Waals surface area contributed by atoms with Crippen molar-refractivity contribution in [3.05, 3.63) is 35.7 Å². The zero-order chi connectivity index (χ0) is 9.26. The van der Waals surface area contributed by atoms with Gasteiger partial charge in [-0.05, 0) is 17.5 Å². The average molecular weight is 191 g/mol. The first-order valence-corrected chi connectivity index (χ1v) is 4.78. The maximum Gasteiger partial charge on any atom is 0.123 e. The normalized spacial score (nSPS) is 10.2. The first kappa shape index (κ1) is 8.13. The van der Waals surface area contributed by atoms with Crippen LogP contribution in [0.3, 0.4) is 0 Å². The monoisotopic (exact) mass is 191 g/mol. The van der Waals surface area contributed by atoms with Crippen LogP contribution in [0.4, 0.5) is 5.00 Å². The van der Waals surface area contributed by atoms with Crippen LogP contribution >= 0.6 is 11.3 Å². The Morgan fingerprint density at radius 3 is 2.46 bits per heavy atom. The minimum atomic E-state index is 0.271. The number of nitrogens with two attached hydrogens (primary N) is 1. The van der Waals surface area contributed by atoms with Gasteiger partial charge in [-0.2, -0.15) is 0 Å². The molecule has 0 aliphatic rings. The van der Waals surface area contributed by atoms with Gasteiger partial charge < -0.3 is 10.8 Å². The van der Waals surface area contributed by atoms with Crippen LogP contribution in [0.1, 0.15) is 0 Å². The molecule has 3 N–H and O–H groups in total. The number of benzene rings is 1. The van der Waals surface area contributed by atoms with Crippen molar-refractivity contribution in [2.75, 3.05) is 5.73 Å². The van der Waals surface area contributed by atoms with Crippen LogP contribution in [0.2, 0.25) is 0 Å². The van der Waals surface area contributed by atoms with Gasteiger partial charge in [0.05, 0.1) is 5.00 Å². The van der Waals surface area contributed by atoms with Crippen molar-refractivity contribution in [2.45, 2.75) is 0 Å². The molecule has 0 atom stereocenters. The SMILES string of the molecule is Nc1sccc1-c1ccccc1O. The summed E-state index contributed by atoms with van der Waals surface area (Å²) in [6, 6.07) is 9.10. The maximum absolute atomic E-state index is 9.56. The quantitative estimate of drug-likeness (QED) is 0.728. The van der Waals surface area contributed by atoms with E-state index in [2.05, 4.69) is 0 Å². The Hall–Kier alpha value is -1.48. The molecule has 0 radical (unpaired) electrons. The molecule has 0 saturated carbocycles. The van der Waals surface area contributed by atoms with E-state index in [4.69, 9.17) is 5.73 Å². The van der Waals surface area contributed by atoms with Crippen molar-refractivity contribution in [2.24, 2.45) is 0 Å². The van der Waals surface area contributed by atoms with Crippen molar-refractivity contribution in [3.8, 4) is 16.9 Å². The van der Waals surface area contributed by atoms with Gasteiger partial charge in [-0.15, -0.1) is 11.3 Å². The Morgan fingerprint density at radius 2 is 1.85 bits per heavy atom. The molecule has 0 spiro atoms. The molecule has 1 aromatic heterocycles. The fourth-order valence-electron chi connectivity index (χ4n) is 1.24. The van der Waals surface area contributed by atoms with Gasteiger partial charge in [0.1, 0.15) is 5.75 Å². The molecular formula is C10H9NOS. The van der Waals surface area contributed by atoms with E-state index in [1.54, 1.807) is 12.1 Å². The van der Waals surface area contributed by atoms with E-state index in [-0.39, 0.29) is 5.75 Å². The highest BCUT2D eigenvalue weighted by Gasteiger charge is 2.06. The number of nitrogen functional groups attached to an aromatic ring is 1. The van der Waals surface area contributed by atoms with Crippen molar-refractivity contribution >= 4 is 16.3 Å². The number of hydrogen-bond donors (Lipinski definition) is 2. The molecular weight excluding hydrogens is 182 g/mol. The molecule has 0 fully saturated rings. The van der Waals surface area contributed by atoms with Gasteiger partial charge in [0.15, 0.2) is 0 Å². The topological polar surface area (TPSA) is 46.2 Å². The summed E-state index contributed by atoms with van der Waals surface area (Å²) in [6.07, 6.45) is 0. The van der Waals surface area contributed by atoms with Gasteiger partial charge in [0.25, 0.3) is 0 Å². The molecule has 2 nitrogen and oxygen atoms in total. The van der Waals surface area contributed by atoms with E-state index < -0.39 is 0 Å². The van der Waals surface area contributed by atoms with Gasteiger partial charge in [0.2, 0.25) is 0 Å². The number of anilines is 1. The molecule has 0 aliphatic carbocycles. The third-order valence-electron chi connectivity index (χ3n) is 1.89. The number of aromatic hydroxyl groups is 1. The van der Waals surface area contributed by atoms with Crippen LogP contribution in [0.25, 0.3) is 11.1 Å². The molecule has 3 heteroatoms. The highest BCUT2D eigenvalue weighted by atomic mass is 32.1. The minimum Gasteiger partial charge on any atom is -0.507 e. The number of rotatable bonds is 1. The molecule has 13 heavy (non-hydrogen) atoms. The number of para-hydroxylation sites is 1. The van der Waals surface area contributed by atoms with Crippen molar-refractivity contribution in [1.82, 2.24) is 0 Å². The lowest BCUT2D eigenvalue weighted by molar-refractivity contribution is 0.477. The van der Waals surface area contributed by atoms with Gasteiger partial charge in [-0.1, -0.05) is 18.2 Å². The first-order valence-electron chi connectivity index (χ1n) is 3.90. The van der Waals surface area contributed by atoms with E-state index in [0.29, 0.717) is 0 Å². The van der Waals surface area contributed by atoms with Crippen LogP contribution in [0.15, 0.2) is 35.7 Å². The summed E-state index contributed by atoms with van der Waals surface area (Å²) in [5.74, 6) is 0.271. The predicted molar refractivity (Wildman–Crippen MR) is 55.8 cm³/mol. The minimum absolute atomic E-state index is 0.271. The molecule has 1 aromatic carbocycles. The lowest BCUT2D eigenvalue weighted by atomic mass is 10.1. The Morgan fingerprint density at radius 1 is 1.08 bits per heavy atom. The molecule has 0 unspecified atom stereocenters. The molecule has 66 valence electrons. The third kappa shape index (κ3) is 1.38. The average Bonchev–Trinajstić information content (AvgIpc) is 2.52. The highest BCUT2D eigenvalue weighted by Crippen LogP contribution is 2.35.